The molecule has 1 rings (SSSR count). The number of carboxylic acid groups (broad SMARTS) is 1. The molecule has 1 aromatic carbocycles. The van der Waals surface area contributed by atoms with Crippen LogP contribution in [-0.4, -0.2) is 23.7 Å². The van der Waals surface area contributed by atoms with E-state index in [-0.39, 0.29) is 0 Å². The molecule has 0 aliphatic carbocycles. The van der Waals surface area contributed by atoms with Gasteiger partial charge in [0.15, 0.2) is 0 Å². The first-order chi connectivity index (χ1) is 8.13. The van der Waals surface area contributed by atoms with E-state index < -0.39 is 12.0 Å². The summed E-state index contributed by atoms with van der Waals surface area (Å²) in [5, 5.41) is 8.68. The minimum Gasteiger partial charge on any atom is -0.490 e. The number of carboxylic acids is 1. The second kappa shape index (κ2) is 7.29. The first-order valence-corrected chi connectivity index (χ1v) is 6.33. The first-order valence-electron chi connectivity index (χ1n) is 5.09. The summed E-state index contributed by atoms with van der Waals surface area (Å²) in [6, 6.07) is 6.41. The van der Waals surface area contributed by atoms with E-state index in [4.69, 9.17) is 15.6 Å². The maximum atomic E-state index is 10.6. The molecule has 0 radical (unpaired) electrons. The molecule has 0 amide bonds. The lowest BCUT2D eigenvalue weighted by Gasteiger charge is -2.07. The van der Waals surface area contributed by atoms with Gasteiger partial charge in [0.05, 0.1) is 0 Å². The molecule has 0 spiro atoms. The number of hydrogen-bond acceptors (Lipinski definition) is 3. The molecule has 92 valence electrons. The van der Waals surface area contributed by atoms with Crippen molar-refractivity contribution in [3.05, 3.63) is 40.0 Å². The third-order valence-corrected chi connectivity index (χ3v) is 2.64. The van der Waals surface area contributed by atoms with Crippen molar-refractivity contribution >= 4 is 28.6 Å². The fraction of sp³-hybridized carbons (Fsp3) is 0.250. The van der Waals surface area contributed by atoms with Gasteiger partial charge < -0.3 is 15.6 Å². The largest absolute Gasteiger partial charge is 0.490 e. The van der Waals surface area contributed by atoms with Crippen molar-refractivity contribution in [2.45, 2.75) is 12.5 Å². The Morgan fingerprint density at radius 3 is 2.65 bits per heavy atom. The van der Waals surface area contributed by atoms with Crippen LogP contribution in [0.4, 0.5) is 0 Å². The van der Waals surface area contributed by atoms with Gasteiger partial charge in [-0.1, -0.05) is 34.7 Å². The molecule has 0 saturated carbocycles. The SMILES string of the molecule is N[C@@H](Cc1ccc(OCC=CI)cc1)C(=O)O. The van der Waals surface area contributed by atoms with Crippen LogP contribution >= 0.6 is 22.6 Å². The zero-order valence-electron chi connectivity index (χ0n) is 9.17. The van der Waals surface area contributed by atoms with Gasteiger partial charge in [-0.05, 0) is 34.3 Å². The molecule has 0 fully saturated rings. The van der Waals surface area contributed by atoms with E-state index in [2.05, 4.69) is 22.6 Å². The van der Waals surface area contributed by atoms with Crippen LogP contribution in [0.1, 0.15) is 5.56 Å². The van der Waals surface area contributed by atoms with Gasteiger partial charge in [-0.2, -0.15) is 0 Å². The Morgan fingerprint density at radius 1 is 1.47 bits per heavy atom. The van der Waals surface area contributed by atoms with E-state index in [9.17, 15) is 4.79 Å². The third kappa shape index (κ3) is 5.18. The molecule has 1 aromatic rings. The van der Waals surface area contributed by atoms with E-state index in [1.807, 2.05) is 34.4 Å². The van der Waals surface area contributed by atoms with E-state index in [1.54, 1.807) is 0 Å². The minimum atomic E-state index is -0.988. The molecular weight excluding hydrogens is 333 g/mol. The van der Waals surface area contributed by atoms with Crippen LogP contribution in [0, 0.1) is 0 Å². The molecule has 0 aliphatic rings. The topological polar surface area (TPSA) is 72.5 Å². The van der Waals surface area contributed by atoms with Crippen molar-refractivity contribution in [3.8, 4) is 5.75 Å². The van der Waals surface area contributed by atoms with Crippen LogP contribution in [0.3, 0.4) is 0 Å². The first kappa shape index (κ1) is 14.0. The number of hydrogen-bond donors (Lipinski definition) is 2. The predicted octanol–water partition coefficient (Wildman–Crippen LogP) is 1.97. The van der Waals surface area contributed by atoms with Gasteiger partial charge in [0.25, 0.3) is 0 Å². The average molecular weight is 347 g/mol. The molecule has 1 atom stereocenters. The Balaban J connectivity index is 2.52. The quantitative estimate of drug-likeness (QED) is 0.772. The molecule has 17 heavy (non-hydrogen) atoms. The summed E-state index contributed by atoms with van der Waals surface area (Å²) in [5.41, 5.74) is 6.33. The predicted molar refractivity (Wildman–Crippen MR) is 74.4 cm³/mol. The number of rotatable bonds is 6. The number of halogens is 1. The zero-order valence-corrected chi connectivity index (χ0v) is 11.3. The standard InChI is InChI=1S/C12H14INO3/c13-6-1-7-17-10-4-2-9(3-5-10)8-11(14)12(15)16/h1-6,11H,7-8,14H2,(H,15,16)/t11-/m0/s1. The molecule has 5 heteroatoms. The Hall–Kier alpha value is -1.08. The summed E-state index contributed by atoms with van der Waals surface area (Å²) in [5.74, 6) is -0.232. The van der Waals surface area contributed by atoms with Gasteiger partial charge in [-0.25, -0.2) is 0 Å². The van der Waals surface area contributed by atoms with Gasteiger partial charge in [0.2, 0.25) is 0 Å². The molecule has 0 heterocycles. The lowest BCUT2D eigenvalue weighted by atomic mass is 10.1. The fourth-order valence-electron chi connectivity index (χ4n) is 1.24. The average Bonchev–Trinajstić information content (AvgIpc) is 2.31. The summed E-state index contributed by atoms with van der Waals surface area (Å²) in [6.45, 7) is 0.525. The summed E-state index contributed by atoms with van der Waals surface area (Å²) < 4.78 is 7.30. The second-order valence-corrected chi connectivity index (χ2v) is 4.18. The molecule has 0 aromatic heterocycles. The maximum Gasteiger partial charge on any atom is 0.320 e. The van der Waals surface area contributed by atoms with Crippen LogP contribution in [0.5, 0.6) is 5.75 Å². The van der Waals surface area contributed by atoms with E-state index in [0.29, 0.717) is 13.0 Å². The van der Waals surface area contributed by atoms with Crippen molar-refractivity contribution in [1.82, 2.24) is 0 Å². The van der Waals surface area contributed by atoms with Crippen molar-refractivity contribution in [2.24, 2.45) is 5.73 Å². The summed E-state index contributed by atoms with van der Waals surface area (Å²) in [7, 11) is 0. The van der Waals surface area contributed by atoms with Crippen molar-refractivity contribution in [2.75, 3.05) is 6.61 Å². The highest BCUT2D eigenvalue weighted by Crippen LogP contribution is 2.13. The van der Waals surface area contributed by atoms with Crippen LogP contribution in [0.25, 0.3) is 0 Å². The monoisotopic (exact) mass is 347 g/mol. The van der Waals surface area contributed by atoms with E-state index in [1.165, 1.54) is 0 Å². The summed E-state index contributed by atoms with van der Waals surface area (Å²) >= 11 is 2.12. The van der Waals surface area contributed by atoms with Crippen LogP contribution in [-0.2, 0) is 11.2 Å². The Labute approximate surface area is 114 Å². The minimum absolute atomic E-state index is 0.323. The highest BCUT2D eigenvalue weighted by molar-refractivity contribution is 14.1. The highest BCUT2D eigenvalue weighted by Gasteiger charge is 2.11. The normalized spacial score (nSPS) is 12.6. The number of ether oxygens (including phenoxy) is 1. The lowest BCUT2D eigenvalue weighted by Crippen LogP contribution is -2.32. The highest BCUT2D eigenvalue weighted by atomic mass is 127. The number of nitrogens with two attached hydrogens (primary N) is 1. The summed E-state index contributed by atoms with van der Waals surface area (Å²) in [4.78, 5) is 10.6. The van der Waals surface area contributed by atoms with Gasteiger partial charge >= 0.3 is 5.97 Å². The van der Waals surface area contributed by atoms with E-state index >= 15 is 0 Å². The number of aliphatic carboxylic acids is 1. The third-order valence-electron chi connectivity index (χ3n) is 2.13. The Bertz CT molecular complexity index is 389. The molecule has 0 bridgehead atoms. The van der Waals surface area contributed by atoms with Crippen molar-refractivity contribution < 1.29 is 14.6 Å². The van der Waals surface area contributed by atoms with Crippen LogP contribution in [0.2, 0.25) is 0 Å². The van der Waals surface area contributed by atoms with Crippen molar-refractivity contribution in [3.63, 3.8) is 0 Å². The molecular formula is C12H14INO3. The van der Waals surface area contributed by atoms with Gasteiger partial charge in [-0.3, -0.25) is 4.79 Å². The molecule has 0 unspecified atom stereocenters. The maximum absolute atomic E-state index is 10.6. The van der Waals surface area contributed by atoms with Crippen LogP contribution < -0.4 is 10.5 Å². The Kier molecular flexibility index (Phi) is 5.99. The van der Waals surface area contributed by atoms with Gasteiger partial charge in [0, 0.05) is 0 Å². The van der Waals surface area contributed by atoms with Crippen molar-refractivity contribution in [1.29, 1.82) is 0 Å². The molecule has 4 nitrogen and oxygen atoms in total. The number of carbonyl (C=O) groups is 1. The fourth-order valence-corrected chi connectivity index (χ4v) is 1.45. The van der Waals surface area contributed by atoms with E-state index in [0.717, 1.165) is 11.3 Å². The second-order valence-electron chi connectivity index (χ2n) is 3.47. The zero-order chi connectivity index (χ0) is 12.7. The molecule has 0 aliphatic heterocycles. The van der Waals surface area contributed by atoms with Crippen LogP contribution in [0.15, 0.2) is 34.4 Å². The van der Waals surface area contributed by atoms with Gasteiger partial charge in [0.1, 0.15) is 18.4 Å². The Morgan fingerprint density at radius 2 is 2.12 bits per heavy atom. The van der Waals surface area contributed by atoms with Gasteiger partial charge in [-0.15, -0.1) is 0 Å². The molecule has 3 N–H and O–H groups in total. The summed E-state index contributed by atoms with van der Waals surface area (Å²) in [6.07, 6.45) is 2.22. The lowest BCUT2D eigenvalue weighted by molar-refractivity contribution is -0.138. The molecule has 0 saturated heterocycles. The smallest absolute Gasteiger partial charge is 0.320 e. The number of benzene rings is 1.